The number of benzene rings is 1. The van der Waals surface area contributed by atoms with E-state index >= 15 is 0 Å². The molecule has 1 saturated heterocycles. The summed E-state index contributed by atoms with van der Waals surface area (Å²) >= 11 is 5.51. The molecule has 20 heavy (non-hydrogen) atoms. The number of hydrogen-bond acceptors (Lipinski definition) is 5. The fourth-order valence-corrected chi connectivity index (χ4v) is 4.86. The monoisotopic (exact) mass is 360 g/mol. The molecule has 1 aliphatic rings. The molecule has 1 fully saturated rings. The van der Waals surface area contributed by atoms with Crippen LogP contribution in [0.3, 0.4) is 0 Å². The third kappa shape index (κ3) is 2.79. The molecule has 0 aliphatic carbocycles. The van der Waals surface area contributed by atoms with Crippen molar-refractivity contribution in [2.24, 2.45) is 5.84 Å². The highest BCUT2D eigenvalue weighted by atomic mass is 79.9. The van der Waals surface area contributed by atoms with Crippen molar-refractivity contribution in [2.45, 2.75) is 30.6 Å². The van der Waals surface area contributed by atoms with Crippen molar-refractivity contribution < 1.29 is 9.47 Å². The maximum atomic E-state index is 5.85. The standard InChI is InChI=1S/C14H21BrN2O2S/c1-14(7-4-8-20-14)13(17-16)9-5-6-10(18-2)11(15)12(9)19-3/h5-6,13,17H,4,7-8,16H2,1-3H3. The summed E-state index contributed by atoms with van der Waals surface area (Å²) in [7, 11) is 3.31. The second-order valence-electron chi connectivity index (χ2n) is 5.07. The molecular formula is C14H21BrN2O2S. The van der Waals surface area contributed by atoms with Crippen molar-refractivity contribution >= 4 is 27.7 Å². The van der Waals surface area contributed by atoms with Gasteiger partial charge in [0, 0.05) is 10.3 Å². The Morgan fingerprint density at radius 2 is 2.15 bits per heavy atom. The highest BCUT2D eigenvalue weighted by Crippen LogP contribution is 2.50. The fourth-order valence-electron chi connectivity index (χ4n) is 2.77. The first kappa shape index (κ1) is 15.9. The zero-order valence-electron chi connectivity index (χ0n) is 12.0. The van der Waals surface area contributed by atoms with Crippen LogP contribution in [0, 0.1) is 0 Å². The molecule has 0 amide bonds. The summed E-state index contributed by atoms with van der Waals surface area (Å²) in [6.07, 6.45) is 2.36. The van der Waals surface area contributed by atoms with E-state index in [4.69, 9.17) is 15.3 Å². The second-order valence-corrected chi connectivity index (χ2v) is 7.49. The zero-order valence-corrected chi connectivity index (χ0v) is 14.4. The largest absolute Gasteiger partial charge is 0.495 e. The summed E-state index contributed by atoms with van der Waals surface area (Å²) in [4.78, 5) is 0. The van der Waals surface area contributed by atoms with Gasteiger partial charge in [-0.2, -0.15) is 11.8 Å². The van der Waals surface area contributed by atoms with Gasteiger partial charge in [0.1, 0.15) is 16.0 Å². The lowest BCUT2D eigenvalue weighted by molar-refractivity contribution is 0.364. The van der Waals surface area contributed by atoms with Gasteiger partial charge in [0.2, 0.25) is 0 Å². The predicted octanol–water partition coefficient (Wildman–Crippen LogP) is 3.26. The Balaban J connectivity index is 2.47. The van der Waals surface area contributed by atoms with E-state index in [1.54, 1.807) is 14.2 Å². The Hall–Kier alpha value is -0.430. The molecule has 1 aromatic carbocycles. The highest BCUT2D eigenvalue weighted by Gasteiger charge is 2.40. The number of nitrogens with one attached hydrogen (secondary N) is 1. The quantitative estimate of drug-likeness (QED) is 0.623. The number of hydrogen-bond donors (Lipinski definition) is 2. The maximum Gasteiger partial charge on any atom is 0.141 e. The van der Waals surface area contributed by atoms with E-state index in [-0.39, 0.29) is 10.8 Å². The lowest BCUT2D eigenvalue weighted by Crippen LogP contribution is -2.41. The van der Waals surface area contributed by atoms with Gasteiger partial charge in [-0.05, 0) is 53.6 Å². The zero-order chi connectivity index (χ0) is 14.8. The van der Waals surface area contributed by atoms with Crippen LogP contribution in [0.4, 0.5) is 0 Å². The molecular weight excluding hydrogens is 340 g/mol. The van der Waals surface area contributed by atoms with Crippen LogP contribution in [0.1, 0.15) is 31.4 Å². The van der Waals surface area contributed by atoms with Crippen LogP contribution in [-0.2, 0) is 0 Å². The topological polar surface area (TPSA) is 56.5 Å². The van der Waals surface area contributed by atoms with Crippen LogP contribution in [0.5, 0.6) is 11.5 Å². The summed E-state index contributed by atoms with van der Waals surface area (Å²) in [5.74, 6) is 8.56. The van der Waals surface area contributed by atoms with Gasteiger partial charge in [0.15, 0.2) is 0 Å². The normalized spacial score (nSPS) is 23.6. The smallest absolute Gasteiger partial charge is 0.141 e. The summed E-state index contributed by atoms with van der Waals surface area (Å²) < 4.78 is 11.8. The van der Waals surface area contributed by atoms with Crippen LogP contribution in [0.15, 0.2) is 16.6 Å². The van der Waals surface area contributed by atoms with Crippen molar-refractivity contribution in [2.75, 3.05) is 20.0 Å². The molecule has 0 aromatic heterocycles. The highest BCUT2D eigenvalue weighted by molar-refractivity contribution is 9.10. The number of rotatable bonds is 5. The summed E-state index contributed by atoms with van der Waals surface area (Å²) in [5, 5.41) is 0. The van der Waals surface area contributed by atoms with Crippen molar-refractivity contribution in [3.05, 3.63) is 22.2 Å². The molecule has 0 saturated carbocycles. The van der Waals surface area contributed by atoms with Gasteiger partial charge in [-0.1, -0.05) is 0 Å². The van der Waals surface area contributed by atoms with E-state index < -0.39 is 0 Å². The molecule has 1 heterocycles. The van der Waals surface area contributed by atoms with Crippen LogP contribution >= 0.6 is 27.7 Å². The Bertz CT molecular complexity index is 478. The Morgan fingerprint density at radius 3 is 2.65 bits per heavy atom. The minimum absolute atomic E-state index is 0.0344. The predicted molar refractivity (Wildman–Crippen MR) is 87.4 cm³/mol. The number of ether oxygens (including phenoxy) is 2. The first-order chi connectivity index (χ1) is 9.57. The van der Waals surface area contributed by atoms with Gasteiger partial charge < -0.3 is 9.47 Å². The van der Waals surface area contributed by atoms with E-state index in [1.807, 2.05) is 23.9 Å². The van der Waals surface area contributed by atoms with Crippen molar-refractivity contribution in [1.82, 2.24) is 5.43 Å². The molecule has 1 aliphatic heterocycles. The maximum absolute atomic E-state index is 5.85. The van der Waals surface area contributed by atoms with Gasteiger partial charge in [-0.25, -0.2) is 0 Å². The van der Waals surface area contributed by atoms with E-state index in [9.17, 15) is 0 Å². The minimum atomic E-state index is 0.0344. The Morgan fingerprint density at radius 1 is 1.40 bits per heavy atom. The number of nitrogens with two attached hydrogens (primary N) is 1. The number of methoxy groups -OCH3 is 2. The molecule has 3 N–H and O–H groups in total. The molecule has 2 atom stereocenters. The van der Waals surface area contributed by atoms with Crippen LogP contribution < -0.4 is 20.7 Å². The second kappa shape index (κ2) is 6.56. The molecule has 0 radical (unpaired) electrons. The average Bonchev–Trinajstić information content (AvgIpc) is 2.87. The van der Waals surface area contributed by atoms with Crippen molar-refractivity contribution in [3.8, 4) is 11.5 Å². The third-order valence-corrected chi connectivity index (χ3v) is 6.20. The van der Waals surface area contributed by atoms with Gasteiger partial charge in [-0.3, -0.25) is 11.3 Å². The minimum Gasteiger partial charge on any atom is -0.495 e. The van der Waals surface area contributed by atoms with Crippen LogP contribution in [-0.4, -0.2) is 24.7 Å². The van der Waals surface area contributed by atoms with Crippen molar-refractivity contribution in [1.29, 1.82) is 0 Å². The Labute approximate surface area is 132 Å². The van der Waals surface area contributed by atoms with E-state index in [0.29, 0.717) is 0 Å². The van der Waals surface area contributed by atoms with E-state index in [0.717, 1.165) is 28.0 Å². The molecule has 6 heteroatoms. The summed E-state index contributed by atoms with van der Waals surface area (Å²) in [6.45, 7) is 2.26. The van der Waals surface area contributed by atoms with Crippen LogP contribution in [0.2, 0.25) is 0 Å². The van der Waals surface area contributed by atoms with Gasteiger partial charge in [0.25, 0.3) is 0 Å². The lowest BCUT2D eigenvalue weighted by atomic mass is 9.90. The molecule has 0 bridgehead atoms. The Kier molecular flexibility index (Phi) is 5.23. The van der Waals surface area contributed by atoms with Crippen molar-refractivity contribution in [3.63, 3.8) is 0 Å². The van der Waals surface area contributed by atoms with Gasteiger partial charge in [-0.15, -0.1) is 0 Å². The molecule has 2 rings (SSSR count). The fraction of sp³-hybridized carbons (Fsp3) is 0.571. The van der Waals surface area contributed by atoms with E-state index in [2.05, 4.69) is 28.3 Å². The molecule has 1 aromatic rings. The molecule has 4 nitrogen and oxygen atoms in total. The molecule has 2 unspecified atom stereocenters. The lowest BCUT2D eigenvalue weighted by Gasteiger charge is -2.34. The molecule has 0 spiro atoms. The van der Waals surface area contributed by atoms with Crippen LogP contribution in [0.25, 0.3) is 0 Å². The molecule has 112 valence electrons. The number of halogens is 1. The summed E-state index contributed by atoms with van der Waals surface area (Å²) in [5.41, 5.74) is 4.03. The number of thioether (sulfide) groups is 1. The van der Waals surface area contributed by atoms with Gasteiger partial charge >= 0.3 is 0 Å². The van der Waals surface area contributed by atoms with E-state index in [1.165, 1.54) is 12.2 Å². The number of hydrazine groups is 1. The van der Waals surface area contributed by atoms with Gasteiger partial charge in [0.05, 0.1) is 20.3 Å². The summed E-state index contributed by atoms with van der Waals surface area (Å²) in [6, 6.07) is 4.00. The third-order valence-electron chi connectivity index (χ3n) is 3.85. The average molecular weight is 361 g/mol. The SMILES string of the molecule is COc1ccc(C(NN)C2(C)CCCS2)c(OC)c1Br. The first-order valence-electron chi connectivity index (χ1n) is 6.58. The first-order valence-corrected chi connectivity index (χ1v) is 8.35.